The molecule has 1 aromatic heterocycles. The minimum atomic E-state index is 0.675. The van der Waals surface area contributed by atoms with E-state index in [9.17, 15) is 0 Å². The van der Waals surface area contributed by atoms with E-state index in [-0.39, 0.29) is 0 Å². The molecule has 0 amide bonds. The monoisotopic (exact) mass is 233 g/mol. The number of allylic oxidation sites excluding steroid dienone is 2. The molecule has 0 unspecified atom stereocenters. The molecule has 0 spiro atoms. The molecule has 0 atom stereocenters. The Bertz CT molecular complexity index is 419. The number of hydrogen-bond donors (Lipinski definition) is 1. The zero-order valence-corrected chi connectivity index (χ0v) is 11.1. The summed E-state index contributed by atoms with van der Waals surface area (Å²) in [5, 5.41) is 0. The molecule has 0 saturated heterocycles. The maximum absolute atomic E-state index is 4.55. The molecule has 1 rings (SSSR count). The van der Waals surface area contributed by atoms with Gasteiger partial charge in [0.1, 0.15) is 0 Å². The second kappa shape index (κ2) is 5.90. The normalized spacial score (nSPS) is 11.6. The number of nitrogens with zero attached hydrogens (tertiary/aromatic N) is 1. The molecule has 0 aromatic carbocycles. The van der Waals surface area contributed by atoms with Crippen LogP contribution in [0.3, 0.4) is 0 Å². The minimum absolute atomic E-state index is 0.675. The summed E-state index contributed by atoms with van der Waals surface area (Å²) in [7, 11) is 0. The standard InChI is InChI=1S/C14H19NS/c1-5-10(2)12(4)8-14-11(3)6-7-13(9-16)15-14/h6-8,16H,2,5,9H2,1,3-4H3/b12-8+. The summed E-state index contributed by atoms with van der Waals surface area (Å²) in [6.45, 7) is 10.3. The summed E-state index contributed by atoms with van der Waals surface area (Å²) in [6, 6.07) is 4.11. The van der Waals surface area contributed by atoms with E-state index in [1.54, 1.807) is 0 Å². The predicted octanol–water partition coefficient (Wildman–Crippen LogP) is 4.19. The van der Waals surface area contributed by atoms with Crippen LogP contribution in [0.2, 0.25) is 0 Å². The Morgan fingerprint density at radius 1 is 1.50 bits per heavy atom. The molecular formula is C14H19NS. The van der Waals surface area contributed by atoms with Crippen molar-refractivity contribution in [3.63, 3.8) is 0 Å². The van der Waals surface area contributed by atoms with Gasteiger partial charge in [-0.1, -0.05) is 25.1 Å². The highest BCUT2D eigenvalue weighted by atomic mass is 32.1. The van der Waals surface area contributed by atoms with Crippen LogP contribution in [0.25, 0.3) is 6.08 Å². The van der Waals surface area contributed by atoms with Gasteiger partial charge in [-0.15, -0.1) is 0 Å². The first-order chi connectivity index (χ1) is 7.58. The third-order valence-corrected chi connectivity index (χ3v) is 3.02. The molecule has 0 aliphatic rings. The van der Waals surface area contributed by atoms with Crippen LogP contribution in [0.15, 0.2) is 29.9 Å². The number of pyridine rings is 1. The fraction of sp³-hybridized carbons (Fsp3) is 0.357. The first kappa shape index (κ1) is 13.0. The maximum Gasteiger partial charge on any atom is 0.0665 e. The van der Waals surface area contributed by atoms with Gasteiger partial charge < -0.3 is 0 Å². The molecule has 2 heteroatoms. The van der Waals surface area contributed by atoms with Crippen LogP contribution in [0.1, 0.15) is 37.2 Å². The molecule has 1 heterocycles. The number of rotatable bonds is 4. The van der Waals surface area contributed by atoms with Gasteiger partial charge in [-0.05, 0) is 43.5 Å². The van der Waals surface area contributed by atoms with Gasteiger partial charge in [-0.3, -0.25) is 4.98 Å². The Morgan fingerprint density at radius 2 is 2.19 bits per heavy atom. The van der Waals surface area contributed by atoms with E-state index in [4.69, 9.17) is 0 Å². The van der Waals surface area contributed by atoms with Crippen LogP contribution < -0.4 is 0 Å². The average Bonchev–Trinajstić information content (AvgIpc) is 2.30. The van der Waals surface area contributed by atoms with Crippen LogP contribution >= 0.6 is 12.6 Å². The van der Waals surface area contributed by atoms with Gasteiger partial charge >= 0.3 is 0 Å². The lowest BCUT2D eigenvalue weighted by atomic mass is 10.0. The van der Waals surface area contributed by atoms with Crippen molar-refractivity contribution in [2.75, 3.05) is 0 Å². The van der Waals surface area contributed by atoms with E-state index in [1.165, 1.54) is 11.1 Å². The third kappa shape index (κ3) is 3.24. The van der Waals surface area contributed by atoms with Crippen molar-refractivity contribution in [3.05, 3.63) is 46.8 Å². The first-order valence-corrected chi connectivity index (χ1v) is 6.15. The topological polar surface area (TPSA) is 12.9 Å². The smallest absolute Gasteiger partial charge is 0.0665 e. The summed E-state index contributed by atoms with van der Waals surface area (Å²) in [5.41, 5.74) is 5.59. The van der Waals surface area contributed by atoms with Crippen LogP contribution in [0.4, 0.5) is 0 Å². The Hall–Kier alpha value is -1.02. The Balaban J connectivity index is 3.08. The first-order valence-electron chi connectivity index (χ1n) is 5.52. The number of aryl methyl sites for hydroxylation is 1. The van der Waals surface area contributed by atoms with Gasteiger partial charge in [-0.2, -0.15) is 12.6 Å². The van der Waals surface area contributed by atoms with Gasteiger partial charge in [0.15, 0.2) is 0 Å². The van der Waals surface area contributed by atoms with E-state index in [0.29, 0.717) is 5.75 Å². The lowest BCUT2D eigenvalue weighted by Gasteiger charge is -2.06. The van der Waals surface area contributed by atoms with Crippen LogP contribution in [0, 0.1) is 6.92 Å². The molecular weight excluding hydrogens is 214 g/mol. The molecule has 0 N–H and O–H groups in total. The van der Waals surface area contributed by atoms with Gasteiger partial charge in [0.2, 0.25) is 0 Å². The van der Waals surface area contributed by atoms with Gasteiger partial charge in [0.25, 0.3) is 0 Å². The molecule has 0 fully saturated rings. The van der Waals surface area contributed by atoms with Crippen molar-refractivity contribution in [2.45, 2.75) is 32.9 Å². The molecule has 0 saturated carbocycles. The molecule has 0 aliphatic carbocycles. The van der Waals surface area contributed by atoms with Crippen LogP contribution in [-0.4, -0.2) is 4.98 Å². The second-order valence-corrected chi connectivity index (χ2v) is 4.26. The van der Waals surface area contributed by atoms with Gasteiger partial charge in [0.05, 0.1) is 11.4 Å². The van der Waals surface area contributed by atoms with Crippen LogP contribution in [0.5, 0.6) is 0 Å². The average molecular weight is 233 g/mol. The summed E-state index contributed by atoms with van der Waals surface area (Å²) >= 11 is 4.24. The zero-order chi connectivity index (χ0) is 12.1. The quantitative estimate of drug-likeness (QED) is 0.608. The van der Waals surface area contributed by atoms with Crippen molar-refractivity contribution < 1.29 is 0 Å². The molecule has 0 radical (unpaired) electrons. The third-order valence-electron chi connectivity index (χ3n) is 2.69. The number of hydrogen-bond acceptors (Lipinski definition) is 2. The fourth-order valence-electron chi connectivity index (χ4n) is 1.41. The van der Waals surface area contributed by atoms with Crippen molar-refractivity contribution in [1.29, 1.82) is 0 Å². The Kier molecular flexibility index (Phi) is 4.81. The zero-order valence-electron chi connectivity index (χ0n) is 10.2. The summed E-state index contributed by atoms with van der Waals surface area (Å²) < 4.78 is 0. The van der Waals surface area contributed by atoms with Crippen molar-refractivity contribution in [2.24, 2.45) is 0 Å². The minimum Gasteiger partial charge on any atom is -0.252 e. The van der Waals surface area contributed by atoms with E-state index >= 15 is 0 Å². The fourth-order valence-corrected chi connectivity index (χ4v) is 1.58. The lowest BCUT2D eigenvalue weighted by Crippen LogP contribution is -1.93. The molecule has 0 bridgehead atoms. The van der Waals surface area contributed by atoms with Crippen molar-refractivity contribution in [1.82, 2.24) is 4.98 Å². The Labute approximate surface area is 104 Å². The van der Waals surface area contributed by atoms with Gasteiger partial charge in [-0.25, -0.2) is 0 Å². The van der Waals surface area contributed by atoms with E-state index < -0.39 is 0 Å². The molecule has 86 valence electrons. The maximum atomic E-state index is 4.55. The number of aromatic nitrogens is 1. The highest BCUT2D eigenvalue weighted by molar-refractivity contribution is 7.79. The highest BCUT2D eigenvalue weighted by Gasteiger charge is 2.01. The largest absolute Gasteiger partial charge is 0.252 e. The molecule has 1 nitrogen and oxygen atoms in total. The molecule has 16 heavy (non-hydrogen) atoms. The predicted molar refractivity (Wildman–Crippen MR) is 74.7 cm³/mol. The highest BCUT2D eigenvalue weighted by Crippen LogP contribution is 2.17. The molecule has 1 aromatic rings. The van der Waals surface area contributed by atoms with Gasteiger partial charge in [0, 0.05) is 5.75 Å². The Morgan fingerprint density at radius 3 is 2.75 bits per heavy atom. The second-order valence-electron chi connectivity index (χ2n) is 3.95. The van der Waals surface area contributed by atoms with E-state index in [1.807, 2.05) is 6.07 Å². The summed E-state index contributed by atoms with van der Waals surface area (Å²) in [5.74, 6) is 0.675. The van der Waals surface area contributed by atoms with E-state index in [0.717, 1.165) is 23.4 Å². The molecule has 0 aliphatic heterocycles. The number of thiol groups is 1. The van der Waals surface area contributed by atoms with Crippen molar-refractivity contribution >= 4 is 18.7 Å². The van der Waals surface area contributed by atoms with Crippen LogP contribution in [-0.2, 0) is 5.75 Å². The summed E-state index contributed by atoms with van der Waals surface area (Å²) in [4.78, 5) is 4.55. The SMILES string of the molecule is C=C(CC)/C(C)=C/c1nc(CS)ccc1C. The lowest BCUT2D eigenvalue weighted by molar-refractivity contribution is 1.10. The van der Waals surface area contributed by atoms with E-state index in [2.05, 4.69) is 57.1 Å². The summed E-state index contributed by atoms with van der Waals surface area (Å²) in [6.07, 6.45) is 3.09. The van der Waals surface area contributed by atoms with Crippen molar-refractivity contribution in [3.8, 4) is 0 Å².